The first kappa shape index (κ1) is 11.0. The van der Waals surface area contributed by atoms with Crippen LogP contribution in [0.2, 0.25) is 0 Å². The third kappa shape index (κ3) is 6.47. The second-order valence-electron chi connectivity index (χ2n) is 3.53. The van der Waals surface area contributed by atoms with Crippen LogP contribution in [-0.4, -0.2) is 0 Å². The minimum absolute atomic E-state index is 1.16. The summed E-state index contributed by atoms with van der Waals surface area (Å²) in [5.41, 5.74) is 0. The molecule has 0 heteroatoms. The molecule has 0 aliphatic heterocycles. The summed E-state index contributed by atoms with van der Waals surface area (Å²) in [6.45, 7) is 0. The second-order valence-corrected chi connectivity index (χ2v) is 3.53. The fourth-order valence-electron chi connectivity index (χ4n) is 1.40. The number of allylic oxidation sites excluding steroid dienone is 8. The molecular weight excluding hydrogens is 168 g/mol. The molecule has 76 valence electrons. The van der Waals surface area contributed by atoms with E-state index in [4.69, 9.17) is 0 Å². The first-order valence-electron chi connectivity index (χ1n) is 5.62. The molecule has 0 nitrogen and oxygen atoms in total. The fourth-order valence-corrected chi connectivity index (χ4v) is 1.40. The Morgan fingerprint density at radius 3 is 1.00 bits per heavy atom. The highest BCUT2D eigenvalue weighted by Gasteiger charge is 1.80. The number of rotatable bonds is 0. The van der Waals surface area contributed by atoms with Crippen molar-refractivity contribution in [1.82, 2.24) is 0 Å². The summed E-state index contributed by atoms with van der Waals surface area (Å²) >= 11 is 0. The molecule has 0 saturated heterocycles. The molecule has 0 N–H and O–H groups in total. The smallest absolute Gasteiger partial charge is 0.0313 e. The lowest BCUT2D eigenvalue weighted by molar-refractivity contribution is 0.983. The second kappa shape index (κ2) is 8.55. The molecule has 0 aromatic rings. The first-order valence-corrected chi connectivity index (χ1v) is 5.62. The van der Waals surface area contributed by atoms with Crippen LogP contribution in [0, 0.1) is 0 Å². The van der Waals surface area contributed by atoms with Crippen LogP contribution >= 0.6 is 0 Å². The van der Waals surface area contributed by atoms with Crippen molar-refractivity contribution in [2.75, 3.05) is 0 Å². The molecule has 0 atom stereocenters. The van der Waals surface area contributed by atoms with Gasteiger partial charge in [0.25, 0.3) is 0 Å². The van der Waals surface area contributed by atoms with E-state index in [1.54, 1.807) is 0 Å². The highest BCUT2D eigenvalue weighted by Crippen LogP contribution is 2.01. The van der Waals surface area contributed by atoms with Crippen molar-refractivity contribution in [2.24, 2.45) is 0 Å². The van der Waals surface area contributed by atoms with Gasteiger partial charge in [-0.3, -0.25) is 0 Å². The van der Waals surface area contributed by atoms with Crippen molar-refractivity contribution in [2.45, 2.75) is 38.5 Å². The van der Waals surface area contributed by atoms with Crippen molar-refractivity contribution in [3.05, 3.63) is 48.6 Å². The molecule has 0 fully saturated rings. The Morgan fingerprint density at radius 2 is 0.643 bits per heavy atom. The lowest BCUT2D eigenvalue weighted by Gasteiger charge is -1.90. The van der Waals surface area contributed by atoms with Gasteiger partial charge in [-0.05, 0) is 38.5 Å². The van der Waals surface area contributed by atoms with Crippen LogP contribution in [0.4, 0.5) is 0 Å². The van der Waals surface area contributed by atoms with Gasteiger partial charge >= 0.3 is 0 Å². The van der Waals surface area contributed by atoms with Gasteiger partial charge in [-0.1, -0.05) is 48.6 Å². The first-order chi connectivity index (χ1) is 7.00. The third-order valence-corrected chi connectivity index (χ3v) is 2.22. The summed E-state index contributed by atoms with van der Waals surface area (Å²) < 4.78 is 0. The molecule has 0 aromatic heterocycles. The van der Waals surface area contributed by atoms with Gasteiger partial charge in [0.05, 0.1) is 0 Å². The normalized spacial score (nSPS) is 28.6. The topological polar surface area (TPSA) is 0 Å². The molecule has 0 saturated carbocycles. The van der Waals surface area contributed by atoms with Crippen molar-refractivity contribution < 1.29 is 0 Å². The molecule has 1 aliphatic carbocycles. The zero-order chi connectivity index (χ0) is 9.90. The molecule has 0 bridgehead atoms. The molecule has 0 aromatic carbocycles. The van der Waals surface area contributed by atoms with E-state index in [9.17, 15) is 0 Å². The molecule has 0 heterocycles. The molecule has 0 spiro atoms. The van der Waals surface area contributed by atoms with Crippen molar-refractivity contribution in [1.29, 1.82) is 0 Å². The summed E-state index contributed by atoms with van der Waals surface area (Å²) in [5.74, 6) is 0. The van der Waals surface area contributed by atoms with Crippen molar-refractivity contribution >= 4 is 0 Å². The van der Waals surface area contributed by atoms with E-state index in [0.717, 1.165) is 12.8 Å². The summed E-state index contributed by atoms with van der Waals surface area (Å²) in [6.07, 6.45) is 25.0. The Morgan fingerprint density at radius 1 is 0.357 bits per heavy atom. The fraction of sp³-hybridized carbons (Fsp3) is 0.429. The Bertz CT molecular complexity index is 202. The zero-order valence-electron chi connectivity index (χ0n) is 8.86. The minimum Gasteiger partial charge on any atom is -0.0882 e. The van der Waals surface area contributed by atoms with E-state index in [1.807, 2.05) is 0 Å². The van der Waals surface area contributed by atoms with Crippen LogP contribution in [0.1, 0.15) is 38.5 Å². The molecule has 0 radical (unpaired) electrons. The molecule has 1 aliphatic rings. The Labute approximate surface area is 87.7 Å². The van der Waals surface area contributed by atoms with E-state index >= 15 is 0 Å². The maximum absolute atomic E-state index is 2.29. The summed E-state index contributed by atoms with van der Waals surface area (Å²) in [7, 11) is 0. The summed E-state index contributed by atoms with van der Waals surface area (Å²) in [6, 6.07) is 0. The largest absolute Gasteiger partial charge is 0.0882 e. The highest BCUT2D eigenvalue weighted by atomic mass is 13.9. The summed E-state index contributed by atoms with van der Waals surface area (Å²) in [5, 5.41) is 0. The predicted molar refractivity (Wildman–Crippen MR) is 64.3 cm³/mol. The van der Waals surface area contributed by atoms with Crippen LogP contribution in [0.15, 0.2) is 48.6 Å². The van der Waals surface area contributed by atoms with Crippen LogP contribution in [0.25, 0.3) is 0 Å². The third-order valence-electron chi connectivity index (χ3n) is 2.22. The van der Waals surface area contributed by atoms with E-state index < -0.39 is 0 Å². The van der Waals surface area contributed by atoms with Gasteiger partial charge in [-0.25, -0.2) is 0 Å². The highest BCUT2D eigenvalue weighted by molar-refractivity contribution is 5.04. The summed E-state index contributed by atoms with van der Waals surface area (Å²) in [4.78, 5) is 0. The van der Waals surface area contributed by atoms with E-state index in [-0.39, 0.29) is 0 Å². The molecular formula is C14H20. The van der Waals surface area contributed by atoms with Crippen LogP contribution in [0.5, 0.6) is 0 Å². The Balaban J connectivity index is 2.34. The van der Waals surface area contributed by atoms with Crippen LogP contribution in [-0.2, 0) is 0 Å². The number of hydrogen-bond donors (Lipinski definition) is 0. The van der Waals surface area contributed by atoms with E-state index in [2.05, 4.69) is 48.6 Å². The van der Waals surface area contributed by atoms with Gasteiger partial charge in [0.15, 0.2) is 0 Å². The molecule has 0 amide bonds. The van der Waals surface area contributed by atoms with Gasteiger partial charge in [0, 0.05) is 0 Å². The van der Waals surface area contributed by atoms with Crippen LogP contribution < -0.4 is 0 Å². The molecule has 1 rings (SSSR count). The monoisotopic (exact) mass is 188 g/mol. The van der Waals surface area contributed by atoms with E-state index in [1.165, 1.54) is 25.7 Å². The predicted octanol–water partition coefficient (Wildman–Crippen LogP) is 4.57. The standard InChI is InChI=1S/C14H20/c1-2-4-6-8-10-12-14-13-11-9-7-5-3-1/h1-4,9-12H,5-8,13-14H2/b3-1-,4-2+,11-9+,12-10-. The molecule has 0 unspecified atom stereocenters. The zero-order valence-corrected chi connectivity index (χ0v) is 8.86. The van der Waals surface area contributed by atoms with Gasteiger partial charge in [0.1, 0.15) is 0 Å². The lowest BCUT2D eigenvalue weighted by atomic mass is 10.2. The average molecular weight is 188 g/mol. The lowest BCUT2D eigenvalue weighted by Crippen LogP contribution is -1.70. The SMILES string of the molecule is C1=C\CC/C=C/CC/C=C\CC/C=C/1. The maximum Gasteiger partial charge on any atom is -0.0313 e. The van der Waals surface area contributed by atoms with Gasteiger partial charge in [-0.2, -0.15) is 0 Å². The van der Waals surface area contributed by atoms with Gasteiger partial charge in [0.2, 0.25) is 0 Å². The average Bonchev–Trinajstić information content (AvgIpc) is 2.22. The Kier molecular flexibility index (Phi) is 6.74. The quantitative estimate of drug-likeness (QED) is 0.489. The minimum atomic E-state index is 1.16. The van der Waals surface area contributed by atoms with Crippen molar-refractivity contribution in [3.8, 4) is 0 Å². The Hall–Kier alpha value is -1.04. The van der Waals surface area contributed by atoms with Gasteiger partial charge < -0.3 is 0 Å². The number of hydrogen-bond acceptors (Lipinski definition) is 0. The van der Waals surface area contributed by atoms with Crippen molar-refractivity contribution in [3.63, 3.8) is 0 Å². The van der Waals surface area contributed by atoms with E-state index in [0.29, 0.717) is 0 Å². The maximum atomic E-state index is 2.29. The van der Waals surface area contributed by atoms with Gasteiger partial charge in [-0.15, -0.1) is 0 Å². The van der Waals surface area contributed by atoms with Crippen LogP contribution in [0.3, 0.4) is 0 Å². The molecule has 14 heavy (non-hydrogen) atoms.